The van der Waals surface area contributed by atoms with Crippen LogP contribution in [0.1, 0.15) is 40.5 Å². The third kappa shape index (κ3) is 4.04. The zero-order chi connectivity index (χ0) is 12.8. The van der Waals surface area contributed by atoms with Crippen LogP contribution in [0, 0.1) is 5.41 Å². The van der Waals surface area contributed by atoms with Crippen LogP contribution in [-0.2, 0) is 9.59 Å². The second-order valence-corrected chi connectivity index (χ2v) is 4.23. The summed E-state index contributed by atoms with van der Waals surface area (Å²) in [5, 5.41) is 11.8. The molecule has 0 aromatic carbocycles. The summed E-state index contributed by atoms with van der Waals surface area (Å²) in [5.74, 6) is -1.08. The van der Waals surface area contributed by atoms with E-state index in [2.05, 4.69) is 5.32 Å². The van der Waals surface area contributed by atoms with Crippen molar-refractivity contribution in [3.05, 3.63) is 11.6 Å². The van der Waals surface area contributed by atoms with Gasteiger partial charge in [0.1, 0.15) is 0 Å². The average Bonchev–Trinajstić information content (AvgIpc) is 2.18. The minimum atomic E-state index is -0.852. The van der Waals surface area contributed by atoms with E-state index in [1.54, 1.807) is 0 Å². The maximum Gasteiger partial charge on any atom is 0.311 e. The van der Waals surface area contributed by atoms with E-state index >= 15 is 0 Å². The van der Waals surface area contributed by atoms with Gasteiger partial charge in [0.15, 0.2) is 0 Å². The van der Waals surface area contributed by atoms with Crippen molar-refractivity contribution in [1.29, 1.82) is 0 Å². The van der Waals surface area contributed by atoms with Crippen LogP contribution in [0.25, 0.3) is 0 Å². The Morgan fingerprint density at radius 3 is 2.06 bits per heavy atom. The van der Waals surface area contributed by atoms with Crippen molar-refractivity contribution >= 4 is 11.9 Å². The fraction of sp³-hybridized carbons (Fsp3) is 0.667. The molecule has 0 aliphatic carbocycles. The van der Waals surface area contributed by atoms with Gasteiger partial charge in [0.05, 0.1) is 5.41 Å². The second kappa shape index (κ2) is 6.30. The Morgan fingerprint density at radius 1 is 1.25 bits per heavy atom. The van der Waals surface area contributed by atoms with Crippen LogP contribution in [0.2, 0.25) is 0 Å². The fourth-order valence-corrected chi connectivity index (χ4v) is 1.45. The normalized spacial score (nSPS) is 10.8. The van der Waals surface area contributed by atoms with Crippen LogP contribution in [0.4, 0.5) is 0 Å². The standard InChI is InChI=1S/C12H21NO3/c1-5-12(6-2,11(15)16)8-13-10(14)7-9(3)4/h7H,5-6,8H2,1-4H3,(H,13,14)(H,15,16). The van der Waals surface area contributed by atoms with Crippen LogP contribution in [0.3, 0.4) is 0 Å². The van der Waals surface area contributed by atoms with E-state index in [4.69, 9.17) is 5.11 Å². The van der Waals surface area contributed by atoms with E-state index in [1.807, 2.05) is 27.7 Å². The molecule has 4 heteroatoms. The third-order valence-corrected chi connectivity index (χ3v) is 2.83. The summed E-state index contributed by atoms with van der Waals surface area (Å²) < 4.78 is 0. The maximum absolute atomic E-state index is 11.4. The van der Waals surface area contributed by atoms with Gasteiger partial charge in [-0.1, -0.05) is 19.4 Å². The molecule has 0 bridgehead atoms. The smallest absolute Gasteiger partial charge is 0.311 e. The number of carbonyl (C=O) groups excluding carboxylic acids is 1. The van der Waals surface area contributed by atoms with E-state index in [0.29, 0.717) is 12.8 Å². The molecule has 0 fully saturated rings. The highest BCUT2D eigenvalue weighted by molar-refractivity contribution is 5.88. The van der Waals surface area contributed by atoms with Gasteiger partial charge in [0, 0.05) is 12.6 Å². The van der Waals surface area contributed by atoms with Crippen molar-refractivity contribution in [1.82, 2.24) is 5.32 Å². The van der Waals surface area contributed by atoms with Crippen molar-refractivity contribution in [2.24, 2.45) is 5.41 Å². The summed E-state index contributed by atoms with van der Waals surface area (Å²) in [6.07, 6.45) is 2.49. The highest BCUT2D eigenvalue weighted by atomic mass is 16.4. The molecule has 92 valence electrons. The van der Waals surface area contributed by atoms with E-state index in [-0.39, 0.29) is 12.5 Å². The van der Waals surface area contributed by atoms with E-state index in [1.165, 1.54) is 6.08 Å². The Morgan fingerprint density at radius 2 is 1.75 bits per heavy atom. The lowest BCUT2D eigenvalue weighted by molar-refractivity contribution is -0.149. The summed E-state index contributed by atoms with van der Waals surface area (Å²) in [6, 6.07) is 0. The van der Waals surface area contributed by atoms with Crippen molar-refractivity contribution in [2.45, 2.75) is 40.5 Å². The minimum absolute atomic E-state index is 0.179. The molecule has 0 rings (SSSR count). The third-order valence-electron chi connectivity index (χ3n) is 2.83. The Kier molecular flexibility index (Phi) is 5.78. The van der Waals surface area contributed by atoms with Crippen molar-refractivity contribution < 1.29 is 14.7 Å². The second-order valence-electron chi connectivity index (χ2n) is 4.23. The first-order valence-corrected chi connectivity index (χ1v) is 5.54. The number of carboxylic acids is 1. The Labute approximate surface area is 96.7 Å². The van der Waals surface area contributed by atoms with Gasteiger partial charge in [-0.25, -0.2) is 0 Å². The van der Waals surface area contributed by atoms with Gasteiger partial charge in [-0.15, -0.1) is 0 Å². The number of allylic oxidation sites excluding steroid dienone is 1. The van der Waals surface area contributed by atoms with Gasteiger partial charge in [-0.2, -0.15) is 0 Å². The molecule has 0 saturated carbocycles. The number of carbonyl (C=O) groups is 2. The molecule has 0 saturated heterocycles. The molecule has 1 amide bonds. The number of rotatable bonds is 6. The predicted octanol–water partition coefficient (Wildman–Crippen LogP) is 1.96. The number of hydrogen-bond acceptors (Lipinski definition) is 2. The van der Waals surface area contributed by atoms with Crippen molar-refractivity contribution in [3.63, 3.8) is 0 Å². The maximum atomic E-state index is 11.4. The molecular formula is C12H21NO3. The number of aliphatic carboxylic acids is 1. The molecule has 0 spiro atoms. The molecule has 0 radical (unpaired) electrons. The van der Waals surface area contributed by atoms with Gasteiger partial charge in [0.25, 0.3) is 0 Å². The first kappa shape index (κ1) is 14.7. The first-order valence-electron chi connectivity index (χ1n) is 5.54. The van der Waals surface area contributed by atoms with Gasteiger partial charge in [0.2, 0.25) is 5.91 Å². The summed E-state index contributed by atoms with van der Waals surface area (Å²) in [7, 11) is 0. The van der Waals surface area contributed by atoms with Crippen LogP contribution < -0.4 is 5.32 Å². The zero-order valence-electron chi connectivity index (χ0n) is 10.5. The highest BCUT2D eigenvalue weighted by Crippen LogP contribution is 2.25. The lowest BCUT2D eigenvalue weighted by atomic mass is 9.82. The summed E-state index contributed by atoms with van der Waals surface area (Å²) in [6.45, 7) is 7.47. The largest absolute Gasteiger partial charge is 0.481 e. The molecule has 16 heavy (non-hydrogen) atoms. The van der Waals surface area contributed by atoms with Gasteiger partial charge in [-0.05, 0) is 26.7 Å². The number of nitrogens with one attached hydrogen (secondary N) is 1. The molecule has 0 atom stereocenters. The lowest BCUT2D eigenvalue weighted by Gasteiger charge is -2.26. The van der Waals surface area contributed by atoms with E-state index in [9.17, 15) is 9.59 Å². The zero-order valence-corrected chi connectivity index (χ0v) is 10.5. The minimum Gasteiger partial charge on any atom is -0.481 e. The topological polar surface area (TPSA) is 66.4 Å². The molecule has 0 aliphatic heterocycles. The molecule has 4 nitrogen and oxygen atoms in total. The van der Waals surface area contributed by atoms with Crippen molar-refractivity contribution in [2.75, 3.05) is 6.54 Å². The van der Waals surface area contributed by atoms with Gasteiger partial charge >= 0.3 is 5.97 Å². The van der Waals surface area contributed by atoms with Crippen molar-refractivity contribution in [3.8, 4) is 0 Å². The summed E-state index contributed by atoms with van der Waals surface area (Å²) in [5.41, 5.74) is 0.0527. The van der Waals surface area contributed by atoms with Gasteiger partial charge in [-0.3, -0.25) is 9.59 Å². The SMILES string of the molecule is CCC(CC)(CNC(=O)C=C(C)C)C(=O)O. The van der Waals surface area contributed by atoms with Crippen LogP contribution in [0.5, 0.6) is 0 Å². The average molecular weight is 227 g/mol. The summed E-state index contributed by atoms with van der Waals surface area (Å²) in [4.78, 5) is 22.5. The first-order chi connectivity index (χ1) is 7.38. The molecule has 2 N–H and O–H groups in total. The van der Waals surface area contributed by atoms with Crippen LogP contribution >= 0.6 is 0 Å². The Balaban J connectivity index is 4.51. The Hall–Kier alpha value is -1.32. The molecule has 0 aromatic rings. The predicted molar refractivity (Wildman–Crippen MR) is 63.1 cm³/mol. The summed E-state index contributed by atoms with van der Waals surface area (Å²) >= 11 is 0. The quantitative estimate of drug-likeness (QED) is 0.682. The van der Waals surface area contributed by atoms with Gasteiger partial charge < -0.3 is 10.4 Å². The molecule has 0 aliphatic rings. The molecule has 0 unspecified atom stereocenters. The van der Waals surface area contributed by atoms with E-state index in [0.717, 1.165) is 5.57 Å². The fourth-order valence-electron chi connectivity index (χ4n) is 1.45. The molecule has 0 aromatic heterocycles. The highest BCUT2D eigenvalue weighted by Gasteiger charge is 2.34. The van der Waals surface area contributed by atoms with E-state index < -0.39 is 11.4 Å². The molecular weight excluding hydrogens is 206 g/mol. The monoisotopic (exact) mass is 227 g/mol. The van der Waals surface area contributed by atoms with Crippen LogP contribution in [0.15, 0.2) is 11.6 Å². The number of amides is 1. The lowest BCUT2D eigenvalue weighted by Crippen LogP contribution is -2.42. The Bertz CT molecular complexity index is 287. The number of hydrogen-bond donors (Lipinski definition) is 2. The molecule has 0 heterocycles. The van der Waals surface area contributed by atoms with Crippen LogP contribution in [-0.4, -0.2) is 23.5 Å². The number of carboxylic acid groups (broad SMARTS) is 1.